The fraction of sp³-hybridized carbons (Fsp3) is 0.625. The third kappa shape index (κ3) is 3.06. The summed E-state index contributed by atoms with van der Waals surface area (Å²) in [7, 11) is 0. The normalized spacial score (nSPS) is 30.9. The average Bonchev–Trinajstić information content (AvgIpc) is 2.96. The Bertz CT molecular complexity index is 437. The van der Waals surface area contributed by atoms with Gasteiger partial charge in [-0.05, 0) is 48.8 Å². The molecule has 1 aromatic rings. The van der Waals surface area contributed by atoms with Crippen LogP contribution in [0.4, 0.5) is 0 Å². The summed E-state index contributed by atoms with van der Waals surface area (Å²) >= 11 is 3.52. The minimum atomic E-state index is 0. The van der Waals surface area contributed by atoms with E-state index in [1.54, 1.807) is 0 Å². The molecule has 4 unspecified atom stereocenters. The second-order valence-corrected chi connectivity index (χ2v) is 7.01. The molecule has 2 fully saturated rings. The van der Waals surface area contributed by atoms with Crippen LogP contribution in [0.5, 0.6) is 0 Å². The molecule has 112 valence electrons. The van der Waals surface area contributed by atoms with Gasteiger partial charge in [0.2, 0.25) is 0 Å². The van der Waals surface area contributed by atoms with Gasteiger partial charge in [0.1, 0.15) is 0 Å². The molecule has 2 N–H and O–H groups in total. The zero-order valence-corrected chi connectivity index (χ0v) is 14.4. The largest absolute Gasteiger partial charge is 0.327 e. The lowest BCUT2D eigenvalue weighted by molar-refractivity contribution is 0.218. The van der Waals surface area contributed by atoms with Gasteiger partial charge >= 0.3 is 0 Å². The second kappa shape index (κ2) is 6.78. The van der Waals surface area contributed by atoms with Crippen molar-refractivity contribution in [3.63, 3.8) is 0 Å². The Morgan fingerprint density at radius 2 is 1.95 bits per heavy atom. The molecule has 1 aliphatic carbocycles. The number of halogens is 2. The van der Waals surface area contributed by atoms with Crippen LogP contribution in [0.3, 0.4) is 0 Å². The van der Waals surface area contributed by atoms with Crippen LogP contribution in [0.15, 0.2) is 28.7 Å². The predicted molar refractivity (Wildman–Crippen MR) is 90.2 cm³/mol. The van der Waals surface area contributed by atoms with E-state index in [0.29, 0.717) is 12.1 Å². The summed E-state index contributed by atoms with van der Waals surface area (Å²) in [6.07, 6.45) is 3.74. The van der Waals surface area contributed by atoms with Crippen molar-refractivity contribution in [1.82, 2.24) is 4.90 Å². The van der Waals surface area contributed by atoms with Crippen LogP contribution in [0.1, 0.15) is 37.8 Å². The van der Waals surface area contributed by atoms with E-state index in [2.05, 4.69) is 52.0 Å². The molecule has 1 heterocycles. The lowest BCUT2D eigenvalue weighted by Crippen LogP contribution is -2.32. The number of hydrogen-bond acceptors (Lipinski definition) is 2. The summed E-state index contributed by atoms with van der Waals surface area (Å²) in [5.41, 5.74) is 7.69. The van der Waals surface area contributed by atoms with Crippen molar-refractivity contribution in [2.24, 2.45) is 17.6 Å². The van der Waals surface area contributed by atoms with Gasteiger partial charge in [0.05, 0.1) is 0 Å². The molecule has 0 amide bonds. The molecule has 4 atom stereocenters. The Hall–Kier alpha value is -0.0900. The van der Waals surface area contributed by atoms with E-state index in [-0.39, 0.29) is 12.4 Å². The van der Waals surface area contributed by atoms with Crippen LogP contribution >= 0.6 is 28.3 Å². The highest BCUT2D eigenvalue weighted by atomic mass is 79.9. The van der Waals surface area contributed by atoms with E-state index in [1.807, 2.05) is 0 Å². The van der Waals surface area contributed by atoms with E-state index in [1.165, 1.54) is 37.9 Å². The maximum Gasteiger partial charge on any atom is 0.0345 e. The van der Waals surface area contributed by atoms with Crippen molar-refractivity contribution in [3.8, 4) is 0 Å². The van der Waals surface area contributed by atoms with Crippen LogP contribution in [-0.4, -0.2) is 24.0 Å². The highest BCUT2D eigenvalue weighted by Crippen LogP contribution is 2.41. The number of fused-ring (bicyclic) bond motifs is 1. The maximum absolute atomic E-state index is 6.25. The fourth-order valence-electron chi connectivity index (χ4n) is 3.99. The molecule has 20 heavy (non-hydrogen) atoms. The Balaban J connectivity index is 0.00000147. The fourth-order valence-corrected chi connectivity index (χ4v) is 4.25. The number of nitrogens with zero attached hydrogens (tertiary/aromatic N) is 1. The van der Waals surface area contributed by atoms with Crippen LogP contribution in [0, 0.1) is 11.8 Å². The van der Waals surface area contributed by atoms with Crippen LogP contribution in [-0.2, 0) is 0 Å². The molecule has 4 heteroatoms. The smallest absolute Gasteiger partial charge is 0.0345 e. The standard InChI is InChI=1S/C16H23BrN2.ClH/c1-2-16(11-3-6-13(17)7-4-11)19-9-12-5-8-15(18)14(12)10-19;/h3-4,6-7,12,14-16H,2,5,8-10,18H2,1H3;1H. The Morgan fingerprint density at radius 3 is 2.55 bits per heavy atom. The van der Waals surface area contributed by atoms with Crippen LogP contribution < -0.4 is 5.73 Å². The minimum absolute atomic E-state index is 0. The topological polar surface area (TPSA) is 29.3 Å². The third-order valence-corrected chi connectivity index (χ3v) is 5.55. The predicted octanol–water partition coefficient (Wildman–Crippen LogP) is 3.99. The van der Waals surface area contributed by atoms with Crippen LogP contribution in [0.2, 0.25) is 0 Å². The molecule has 0 radical (unpaired) electrons. The molecule has 0 aromatic heterocycles. The van der Waals surface area contributed by atoms with Gasteiger partial charge in [-0.25, -0.2) is 0 Å². The summed E-state index contributed by atoms with van der Waals surface area (Å²) in [5, 5.41) is 0. The molecule has 1 saturated heterocycles. The van der Waals surface area contributed by atoms with Gasteiger partial charge in [0.25, 0.3) is 0 Å². The van der Waals surface area contributed by atoms with Crippen molar-refractivity contribution < 1.29 is 0 Å². The van der Waals surface area contributed by atoms with E-state index < -0.39 is 0 Å². The molecule has 1 aliphatic heterocycles. The molecular formula is C16H24BrClN2. The summed E-state index contributed by atoms with van der Waals surface area (Å²) in [6.45, 7) is 4.73. The van der Waals surface area contributed by atoms with Gasteiger partial charge in [-0.1, -0.05) is 35.0 Å². The first-order valence-electron chi connectivity index (χ1n) is 7.44. The average molecular weight is 360 g/mol. The van der Waals surface area contributed by atoms with Crippen molar-refractivity contribution in [2.45, 2.75) is 38.3 Å². The summed E-state index contributed by atoms with van der Waals surface area (Å²) in [6, 6.07) is 9.82. The van der Waals surface area contributed by atoms with Crippen molar-refractivity contribution in [3.05, 3.63) is 34.3 Å². The van der Waals surface area contributed by atoms with Crippen LogP contribution in [0.25, 0.3) is 0 Å². The van der Waals surface area contributed by atoms with E-state index in [0.717, 1.165) is 16.3 Å². The first-order valence-corrected chi connectivity index (χ1v) is 8.23. The quantitative estimate of drug-likeness (QED) is 0.884. The monoisotopic (exact) mass is 358 g/mol. The number of hydrogen-bond donors (Lipinski definition) is 1. The molecule has 2 nitrogen and oxygen atoms in total. The van der Waals surface area contributed by atoms with Gasteiger partial charge < -0.3 is 5.73 Å². The molecule has 2 aliphatic rings. The molecule has 3 rings (SSSR count). The first-order chi connectivity index (χ1) is 9.19. The zero-order valence-electron chi connectivity index (χ0n) is 12.0. The van der Waals surface area contributed by atoms with Crippen molar-refractivity contribution >= 4 is 28.3 Å². The molecule has 0 spiro atoms. The minimum Gasteiger partial charge on any atom is -0.327 e. The van der Waals surface area contributed by atoms with Gasteiger partial charge in [-0.2, -0.15) is 0 Å². The SMILES string of the molecule is CCC(c1ccc(Br)cc1)N1CC2CCC(N)C2C1.Cl. The molecule has 1 aromatic carbocycles. The number of likely N-dealkylation sites (tertiary alicyclic amines) is 1. The van der Waals surface area contributed by atoms with Gasteiger partial charge in [0.15, 0.2) is 0 Å². The zero-order chi connectivity index (χ0) is 13.4. The van der Waals surface area contributed by atoms with Crippen molar-refractivity contribution in [2.75, 3.05) is 13.1 Å². The van der Waals surface area contributed by atoms with Gasteiger partial charge in [-0.3, -0.25) is 4.90 Å². The van der Waals surface area contributed by atoms with Crippen molar-refractivity contribution in [1.29, 1.82) is 0 Å². The lowest BCUT2D eigenvalue weighted by Gasteiger charge is -2.28. The second-order valence-electron chi connectivity index (χ2n) is 6.09. The van der Waals surface area contributed by atoms with Gasteiger partial charge in [-0.15, -0.1) is 12.4 Å². The maximum atomic E-state index is 6.25. The Labute approximate surface area is 136 Å². The summed E-state index contributed by atoms with van der Waals surface area (Å²) < 4.78 is 1.16. The van der Waals surface area contributed by atoms with E-state index in [9.17, 15) is 0 Å². The highest BCUT2D eigenvalue weighted by molar-refractivity contribution is 9.10. The number of nitrogens with two attached hydrogens (primary N) is 1. The third-order valence-electron chi connectivity index (χ3n) is 5.02. The Kier molecular flexibility index (Phi) is 5.52. The summed E-state index contributed by atoms with van der Waals surface area (Å²) in [4.78, 5) is 2.66. The van der Waals surface area contributed by atoms with Gasteiger partial charge in [0, 0.05) is 29.6 Å². The number of rotatable bonds is 3. The lowest BCUT2D eigenvalue weighted by atomic mass is 9.98. The highest BCUT2D eigenvalue weighted by Gasteiger charge is 2.42. The molecular weight excluding hydrogens is 336 g/mol. The Morgan fingerprint density at radius 1 is 1.25 bits per heavy atom. The summed E-state index contributed by atoms with van der Waals surface area (Å²) in [5.74, 6) is 1.59. The van der Waals surface area contributed by atoms with E-state index >= 15 is 0 Å². The molecule has 1 saturated carbocycles. The van der Waals surface area contributed by atoms with E-state index in [4.69, 9.17) is 5.73 Å². The molecule has 0 bridgehead atoms. The number of benzene rings is 1. The first kappa shape index (κ1) is 16.3.